The monoisotopic (exact) mass is 451 g/mol. The largest absolute Gasteiger partial charge is 0.450 e. The second kappa shape index (κ2) is 8.28. The molecule has 4 heteroatoms. The summed E-state index contributed by atoms with van der Waals surface area (Å²) in [6.07, 6.45) is 0.915. The predicted molar refractivity (Wildman–Crippen MR) is 137 cm³/mol. The van der Waals surface area contributed by atoms with E-state index in [1.165, 1.54) is 11.1 Å². The molecule has 172 valence electrons. The molecule has 4 nitrogen and oxygen atoms in total. The first kappa shape index (κ1) is 22.1. The molecule has 2 heterocycles. The van der Waals surface area contributed by atoms with E-state index in [1.807, 2.05) is 62.4 Å². The summed E-state index contributed by atoms with van der Waals surface area (Å²) in [4.78, 5) is 29.3. The molecule has 0 saturated carbocycles. The summed E-state index contributed by atoms with van der Waals surface area (Å²) in [6.45, 7) is 10.4. The van der Waals surface area contributed by atoms with Crippen LogP contribution >= 0.6 is 0 Å². The lowest BCUT2D eigenvalue weighted by Crippen LogP contribution is -2.29. The first-order valence-corrected chi connectivity index (χ1v) is 11.9. The number of fused-ring (bicyclic) bond motifs is 2. The van der Waals surface area contributed by atoms with E-state index in [2.05, 4.69) is 32.9 Å². The molecule has 4 aromatic rings. The highest BCUT2D eigenvalue weighted by atomic mass is 16.3. The summed E-state index contributed by atoms with van der Waals surface area (Å²) in [5, 5.41) is 0.515. The zero-order valence-corrected chi connectivity index (χ0v) is 20.3. The Morgan fingerprint density at radius 2 is 1.56 bits per heavy atom. The van der Waals surface area contributed by atoms with E-state index >= 15 is 0 Å². The van der Waals surface area contributed by atoms with Gasteiger partial charge in [-0.15, -0.1) is 0 Å². The van der Waals surface area contributed by atoms with E-state index in [0.717, 1.165) is 28.8 Å². The van der Waals surface area contributed by atoms with Crippen LogP contribution in [-0.2, 0) is 6.42 Å². The van der Waals surface area contributed by atoms with Crippen molar-refractivity contribution in [1.29, 1.82) is 0 Å². The summed E-state index contributed by atoms with van der Waals surface area (Å²) in [7, 11) is 0. The quantitative estimate of drug-likeness (QED) is 0.341. The minimum absolute atomic E-state index is 0.137. The Labute approximate surface area is 199 Å². The maximum absolute atomic E-state index is 13.8. The smallest absolute Gasteiger partial charge is 0.295 e. The second-order valence-corrected chi connectivity index (χ2v) is 9.53. The zero-order valence-electron chi connectivity index (χ0n) is 20.3. The van der Waals surface area contributed by atoms with Crippen molar-refractivity contribution in [2.75, 3.05) is 4.90 Å². The molecule has 1 unspecified atom stereocenters. The van der Waals surface area contributed by atoms with Crippen LogP contribution in [0, 0.1) is 13.8 Å². The van der Waals surface area contributed by atoms with Gasteiger partial charge in [-0.25, -0.2) is 0 Å². The van der Waals surface area contributed by atoms with E-state index in [-0.39, 0.29) is 17.1 Å². The van der Waals surface area contributed by atoms with Gasteiger partial charge in [0, 0.05) is 5.69 Å². The lowest BCUT2D eigenvalue weighted by atomic mass is 9.94. The van der Waals surface area contributed by atoms with Crippen molar-refractivity contribution < 1.29 is 9.21 Å². The van der Waals surface area contributed by atoms with Crippen LogP contribution in [0.15, 0.2) is 69.9 Å². The normalized spacial score (nSPS) is 15.4. The third kappa shape index (κ3) is 3.45. The fourth-order valence-corrected chi connectivity index (χ4v) is 4.77. The Morgan fingerprint density at radius 3 is 2.18 bits per heavy atom. The van der Waals surface area contributed by atoms with Crippen LogP contribution in [0.25, 0.3) is 11.0 Å². The number of carbonyl (C=O) groups excluding carboxylic acids is 1. The third-order valence-electron chi connectivity index (χ3n) is 7.03. The molecule has 3 aromatic carbocycles. The SMILES string of the molecule is CCc1ccc(N2C(=O)c3oc4cc(C)c(C)cc4c(=O)c3C2c2ccc(C(C)C)cc2)cc1. The summed E-state index contributed by atoms with van der Waals surface area (Å²) in [5.74, 6) is 0.247. The first-order valence-electron chi connectivity index (χ1n) is 11.9. The van der Waals surface area contributed by atoms with E-state index in [9.17, 15) is 9.59 Å². The highest BCUT2D eigenvalue weighted by Crippen LogP contribution is 2.41. The summed E-state index contributed by atoms with van der Waals surface area (Å²) >= 11 is 0. The number of rotatable bonds is 4. The average molecular weight is 452 g/mol. The molecular weight excluding hydrogens is 422 g/mol. The van der Waals surface area contributed by atoms with E-state index in [0.29, 0.717) is 22.5 Å². The van der Waals surface area contributed by atoms with Gasteiger partial charge in [-0.3, -0.25) is 14.5 Å². The maximum Gasteiger partial charge on any atom is 0.295 e. The van der Waals surface area contributed by atoms with Gasteiger partial charge in [0.15, 0.2) is 5.43 Å². The van der Waals surface area contributed by atoms with Crippen molar-refractivity contribution in [3.8, 4) is 0 Å². The minimum Gasteiger partial charge on any atom is -0.450 e. The molecule has 0 fully saturated rings. The van der Waals surface area contributed by atoms with Crippen molar-refractivity contribution in [1.82, 2.24) is 0 Å². The van der Waals surface area contributed by atoms with Gasteiger partial charge in [-0.05, 0) is 78.3 Å². The maximum atomic E-state index is 13.8. The number of aryl methyl sites for hydroxylation is 3. The fourth-order valence-electron chi connectivity index (χ4n) is 4.77. The van der Waals surface area contributed by atoms with Crippen molar-refractivity contribution in [3.05, 3.63) is 110 Å². The third-order valence-corrected chi connectivity index (χ3v) is 7.03. The van der Waals surface area contributed by atoms with Gasteiger partial charge >= 0.3 is 0 Å². The molecule has 1 atom stereocenters. The molecule has 0 aliphatic carbocycles. The van der Waals surface area contributed by atoms with Crippen molar-refractivity contribution in [3.63, 3.8) is 0 Å². The number of benzene rings is 3. The van der Waals surface area contributed by atoms with E-state index in [1.54, 1.807) is 4.90 Å². The number of nitrogens with zero attached hydrogens (tertiary/aromatic N) is 1. The van der Waals surface area contributed by atoms with E-state index in [4.69, 9.17) is 4.42 Å². The number of hydrogen-bond donors (Lipinski definition) is 0. The van der Waals surface area contributed by atoms with E-state index < -0.39 is 6.04 Å². The first-order chi connectivity index (χ1) is 16.3. The van der Waals surface area contributed by atoms with Crippen LogP contribution < -0.4 is 10.3 Å². The molecule has 0 bridgehead atoms. The zero-order chi connectivity index (χ0) is 24.1. The van der Waals surface area contributed by atoms with Gasteiger partial charge in [-0.2, -0.15) is 0 Å². The molecule has 1 amide bonds. The minimum atomic E-state index is -0.543. The molecule has 0 N–H and O–H groups in total. The average Bonchev–Trinajstić information content (AvgIpc) is 3.13. The van der Waals surface area contributed by atoms with Gasteiger partial charge < -0.3 is 4.42 Å². The van der Waals surface area contributed by atoms with Crippen molar-refractivity contribution in [2.45, 2.75) is 53.0 Å². The Bertz CT molecular complexity index is 1460. The van der Waals surface area contributed by atoms with Gasteiger partial charge in [0.1, 0.15) is 5.58 Å². The molecule has 0 spiro atoms. The second-order valence-electron chi connectivity index (χ2n) is 9.53. The van der Waals surface area contributed by atoms with Crippen LogP contribution in [-0.4, -0.2) is 5.91 Å². The van der Waals surface area contributed by atoms with Gasteiger partial charge in [-0.1, -0.05) is 57.2 Å². The number of carbonyl (C=O) groups is 1. The number of hydrogen-bond acceptors (Lipinski definition) is 3. The topological polar surface area (TPSA) is 50.5 Å². The lowest BCUT2D eigenvalue weighted by Gasteiger charge is -2.25. The van der Waals surface area contributed by atoms with Crippen molar-refractivity contribution >= 4 is 22.6 Å². The molecule has 1 aliphatic heterocycles. The molecular formula is C30H29NO3. The lowest BCUT2D eigenvalue weighted by molar-refractivity contribution is 0.0971. The van der Waals surface area contributed by atoms with Crippen LogP contribution in [0.4, 0.5) is 5.69 Å². The van der Waals surface area contributed by atoms with Gasteiger partial charge in [0.25, 0.3) is 5.91 Å². The summed E-state index contributed by atoms with van der Waals surface area (Å²) in [5.41, 5.74) is 6.82. The Hall–Kier alpha value is -3.66. The molecule has 5 rings (SSSR count). The van der Waals surface area contributed by atoms with Gasteiger partial charge in [0.2, 0.25) is 5.76 Å². The van der Waals surface area contributed by atoms with Crippen LogP contribution in [0.5, 0.6) is 0 Å². The Kier molecular flexibility index (Phi) is 5.40. The summed E-state index contributed by atoms with van der Waals surface area (Å²) in [6, 6.07) is 19.4. The van der Waals surface area contributed by atoms with Gasteiger partial charge in [0.05, 0.1) is 17.0 Å². The fraction of sp³-hybridized carbons (Fsp3) is 0.267. The summed E-state index contributed by atoms with van der Waals surface area (Å²) < 4.78 is 6.15. The van der Waals surface area contributed by atoms with Crippen molar-refractivity contribution in [2.24, 2.45) is 0 Å². The highest BCUT2D eigenvalue weighted by molar-refractivity contribution is 6.10. The molecule has 1 aliphatic rings. The Morgan fingerprint density at radius 1 is 0.912 bits per heavy atom. The Balaban J connectivity index is 1.76. The molecule has 1 aromatic heterocycles. The van der Waals surface area contributed by atoms with Crippen LogP contribution in [0.3, 0.4) is 0 Å². The van der Waals surface area contributed by atoms with Crippen LogP contribution in [0.2, 0.25) is 0 Å². The predicted octanol–water partition coefficient (Wildman–Crippen LogP) is 6.85. The molecule has 0 saturated heterocycles. The molecule has 34 heavy (non-hydrogen) atoms. The van der Waals surface area contributed by atoms with Crippen LogP contribution in [0.1, 0.15) is 76.7 Å². The number of amides is 1. The molecule has 0 radical (unpaired) electrons. The standard InChI is InChI=1S/C30H29NO3/c1-6-20-7-13-23(14-8-20)31-27(22-11-9-21(10-12-22)17(2)3)26-28(32)24-15-18(4)19(5)16-25(24)34-29(26)30(31)33/h7-17,27H,6H2,1-5H3. The highest BCUT2D eigenvalue weighted by Gasteiger charge is 2.43. The number of anilines is 1.